The molecule has 0 atom stereocenters. The molecule has 2 aromatic carbocycles. The van der Waals surface area contributed by atoms with E-state index in [-0.39, 0.29) is 31.4 Å². The van der Waals surface area contributed by atoms with Crippen molar-refractivity contribution < 1.29 is 28.6 Å². The highest BCUT2D eigenvalue weighted by Gasteiger charge is 2.11. The smallest absolute Gasteiger partial charge is 0.344 e. The van der Waals surface area contributed by atoms with E-state index in [2.05, 4.69) is 10.6 Å². The van der Waals surface area contributed by atoms with Gasteiger partial charge in [0.25, 0.3) is 5.91 Å². The maximum atomic E-state index is 12.3. The van der Waals surface area contributed by atoms with Gasteiger partial charge >= 0.3 is 5.97 Å². The molecular formula is C23H28N2O6. The predicted octanol–water partition coefficient (Wildman–Crippen LogP) is 3.18. The summed E-state index contributed by atoms with van der Waals surface area (Å²) in [6.07, 6.45) is 0.717. The lowest BCUT2D eigenvalue weighted by molar-refractivity contribution is -0.145. The highest BCUT2D eigenvalue weighted by Crippen LogP contribution is 2.18. The Morgan fingerprint density at radius 3 is 2.52 bits per heavy atom. The van der Waals surface area contributed by atoms with Gasteiger partial charge in [0, 0.05) is 24.7 Å². The quantitative estimate of drug-likeness (QED) is 0.398. The minimum Gasteiger partial charge on any atom is -0.493 e. The summed E-state index contributed by atoms with van der Waals surface area (Å²) in [5, 5.41) is 5.57. The van der Waals surface area contributed by atoms with Gasteiger partial charge in [-0.3, -0.25) is 9.59 Å². The van der Waals surface area contributed by atoms with Gasteiger partial charge in [0.2, 0.25) is 5.91 Å². The Bertz CT molecular complexity index is 884. The summed E-state index contributed by atoms with van der Waals surface area (Å²) in [5.74, 6) is 0.0988. The van der Waals surface area contributed by atoms with Gasteiger partial charge in [0.1, 0.15) is 11.5 Å². The van der Waals surface area contributed by atoms with Crippen LogP contribution in [0.4, 0.5) is 5.69 Å². The zero-order valence-electron chi connectivity index (χ0n) is 17.8. The van der Waals surface area contributed by atoms with E-state index in [4.69, 9.17) is 14.2 Å². The Balaban J connectivity index is 1.74. The average molecular weight is 428 g/mol. The van der Waals surface area contributed by atoms with Crippen LogP contribution in [0.15, 0.2) is 48.5 Å². The largest absolute Gasteiger partial charge is 0.493 e. The predicted molar refractivity (Wildman–Crippen MR) is 116 cm³/mol. The van der Waals surface area contributed by atoms with Crippen LogP contribution in [0.2, 0.25) is 0 Å². The van der Waals surface area contributed by atoms with Gasteiger partial charge in [-0.2, -0.15) is 0 Å². The molecule has 166 valence electrons. The van der Waals surface area contributed by atoms with Gasteiger partial charge in [-0.25, -0.2) is 4.79 Å². The van der Waals surface area contributed by atoms with Crippen LogP contribution in [-0.2, 0) is 14.3 Å². The molecule has 0 saturated heterocycles. The number of carbonyl (C=O) groups excluding carboxylic acids is 3. The third-order valence-electron chi connectivity index (χ3n) is 4.08. The number of hydrogen-bond acceptors (Lipinski definition) is 6. The Morgan fingerprint density at radius 1 is 0.935 bits per heavy atom. The molecule has 0 fully saturated rings. The average Bonchev–Trinajstić information content (AvgIpc) is 2.76. The van der Waals surface area contributed by atoms with Crippen LogP contribution in [0.3, 0.4) is 0 Å². The van der Waals surface area contributed by atoms with E-state index in [0.29, 0.717) is 42.3 Å². The van der Waals surface area contributed by atoms with Crippen molar-refractivity contribution in [2.24, 2.45) is 0 Å². The number of nitrogens with one attached hydrogen (secondary N) is 2. The normalized spacial score (nSPS) is 10.1. The summed E-state index contributed by atoms with van der Waals surface area (Å²) < 4.78 is 15.6. The third kappa shape index (κ3) is 8.38. The number of esters is 1. The van der Waals surface area contributed by atoms with E-state index in [0.717, 1.165) is 0 Å². The highest BCUT2D eigenvalue weighted by molar-refractivity contribution is 5.97. The van der Waals surface area contributed by atoms with Crippen molar-refractivity contribution in [1.29, 1.82) is 0 Å². The van der Waals surface area contributed by atoms with Gasteiger partial charge in [0.15, 0.2) is 6.61 Å². The minimum atomic E-state index is -0.456. The first kappa shape index (κ1) is 23.7. The van der Waals surface area contributed by atoms with Crippen LogP contribution in [0.1, 0.15) is 37.0 Å². The van der Waals surface area contributed by atoms with E-state index in [1.165, 1.54) is 0 Å². The molecule has 0 saturated carbocycles. The fraction of sp³-hybridized carbons (Fsp3) is 0.348. The summed E-state index contributed by atoms with van der Waals surface area (Å²) in [6.45, 7) is 4.50. The van der Waals surface area contributed by atoms with E-state index in [1.807, 2.05) is 13.0 Å². The zero-order valence-corrected chi connectivity index (χ0v) is 17.8. The lowest BCUT2D eigenvalue weighted by Gasteiger charge is -2.11. The molecule has 0 aromatic heterocycles. The number of anilines is 1. The standard InChI is InChI=1S/C23H28N2O6/c1-3-29-20-12-6-5-11-19(20)23(28)24-14-8-13-21(26)25-17-9-7-10-18(15-17)31-16-22(27)30-4-2/h5-7,9-12,15H,3-4,8,13-14,16H2,1-2H3,(H,24,28)(H,25,26). The topological polar surface area (TPSA) is 103 Å². The Morgan fingerprint density at radius 2 is 1.74 bits per heavy atom. The molecule has 2 N–H and O–H groups in total. The van der Waals surface area contributed by atoms with Crippen LogP contribution in [0, 0.1) is 0 Å². The summed E-state index contributed by atoms with van der Waals surface area (Å²) in [4.78, 5) is 35.9. The van der Waals surface area contributed by atoms with Crippen molar-refractivity contribution in [3.63, 3.8) is 0 Å². The summed E-state index contributed by atoms with van der Waals surface area (Å²) in [7, 11) is 0. The van der Waals surface area contributed by atoms with Crippen molar-refractivity contribution in [2.75, 3.05) is 31.7 Å². The summed E-state index contributed by atoms with van der Waals surface area (Å²) >= 11 is 0. The second kappa shape index (κ2) is 12.9. The first-order valence-corrected chi connectivity index (χ1v) is 10.2. The molecule has 0 aliphatic rings. The van der Waals surface area contributed by atoms with Crippen molar-refractivity contribution in [3.05, 3.63) is 54.1 Å². The van der Waals surface area contributed by atoms with Gasteiger partial charge < -0.3 is 24.8 Å². The molecule has 8 heteroatoms. The molecule has 0 radical (unpaired) electrons. The molecular weight excluding hydrogens is 400 g/mol. The molecule has 2 rings (SSSR count). The van der Waals surface area contributed by atoms with Gasteiger partial charge in [-0.1, -0.05) is 18.2 Å². The monoisotopic (exact) mass is 428 g/mol. The zero-order chi connectivity index (χ0) is 22.5. The SMILES string of the molecule is CCOC(=O)COc1cccc(NC(=O)CCCNC(=O)c2ccccc2OCC)c1. The van der Waals surface area contributed by atoms with Crippen LogP contribution in [0.5, 0.6) is 11.5 Å². The number of para-hydroxylation sites is 1. The number of ether oxygens (including phenoxy) is 3. The van der Waals surface area contributed by atoms with Gasteiger partial charge in [-0.05, 0) is 44.5 Å². The van der Waals surface area contributed by atoms with E-state index < -0.39 is 5.97 Å². The van der Waals surface area contributed by atoms with Crippen molar-refractivity contribution in [3.8, 4) is 11.5 Å². The molecule has 0 bridgehead atoms. The lowest BCUT2D eigenvalue weighted by Crippen LogP contribution is -2.26. The first-order chi connectivity index (χ1) is 15.0. The summed E-state index contributed by atoms with van der Waals surface area (Å²) in [5.41, 5.74) is 1.02. The molecule has 31 heavy (non-hydrogen) atoms. The lowest BCUT2D eigenvalue weighted by atomic mass is 10.2. The second-order valence-corrected chi connectivity index (χ2v) is 6.46. The Labute approximate surface area is 181 Å². The molecule has 0 aliphatic carbocycles. The highest BCUT2D eigenvalue weighted by atomic mass is 16.6. The van der Waals surface area contributed by atoms with Crippen LogP contribution >= 0.6 is 0 Å². The van der Waals surface area contributed by atoms with E-state index in [9.17, 15) is 14.4 Å². The Hall–Kier alpha value is -3.55. The third-order valence-corrected chi connectivity index (χ3v) is 4.08. The maximum absolute atomic E-state index is 12.3. The minimum absolute atomic E-state index is 0.188. The molecule has 0 heterocycles. The molecule has 2 aromatic rings. The fourth-order valence-electron chi connectivity index (χ4n) is 2.71. The molecule has 8 nitrogen and oxygen atoms in total. The van der Waals surface area contributed by atoms with Gasteiger partial charge in [-0.15, -0.1) is 0 Å². The van der Waals surface area contributed by atoms with Crippen molar-refractivity contribution >= 4 is 23.5 Å². The fourth-order valence-corrected chi connectivity index (χ4v) is 2.71. The number of carbonyl (C=O) groups is 3. The number of hydrogen-bond donors (Lipinski definition) is 2. The van der Waals surface area contributed by atoms with Crippen molar-refractivity contribution in [2.45, 2.75) is 26.7 Å². The van der Waals surface area contributed by atoms with Gasteiger partial charge in [0.05, 0.1) is 18.8 Å². The number of benzene rings is 2. The van der Waals surface area contributed by atoms with Crippen LogP contribution < -0.4 is 20.1 Å². The first-order valence-electron chi connectivity index (χ1n) is 10.2. The second-order valence-electron chi connectivity index (χ2n) is 6.46. The molecule has 0 aliphatic heterocycles. The van der Waals surface area contributed by atoms with Crippen LogP contribution in [-0.4, -0.2) is 44.1 Å². The molecule has 2 amide bonds. The molecule has 0 unspecified atom stereocenters. The van der Waals surface area contributed by atoms with Crippen molar-refractivity contribution in [1.82, 2.24) is 5.32 Å². The van der Waals surface area contributed by atoms with Crippen LogP contribution in [0.25, 0.3) is 0 Å². The number of rotatable bonds is 12. The molecule has 0 spiro atoms. The van der Waals surface area contributed by atoms with E-state index in [1.54, 1.807) is 49.4 Å². The van der Waals surface area contributed by atoms with E-state index >= 15 is 0 Å². The Kier molecular flexibility index (Phi) is 9.87. The maximum Gasteiger partial charge on any atom is 0.344 e. The summed E-state index contributed by atoms with van der Waals surface area (Å²) in [6, 6.07) is 13.8. The number of amides is 2.